The Morgan fingerprint density at radius 1 is 1.64 bits per heavy atom. The van der Waals surface area contributed by atoms with Gasteiger partial charge in [-0.3, -0.25) is 0 Å². The van der Waals surface area contributed by atoms with Gasteiger partial charge in [-0.25, -0.2) is 4.79 Å². The Kier molecular flexibility index (Phi) is 3.93. The molecule has 78 valence electrons. The minimum atomic E-state index is -0.242. The van der Waals surface area contributed by atoms with Crippen molar-refractivity contribution in [2.24, 2.45) is 5.92 Å². The Morgan fingerprint density at radius 2 is 2.36 bits per heavy atom. The summed E-state index contributed by atoms with van der Waals surface area (Å²) in [5.41, 5.74) is 2.60. The number of hydrogen-bond donors (Lipinski definition) is 0. The Hall–Kier alpha value is -1.05. The summed E-state index contributed by atoms with van der Waals surface area (Å²) in [6.45, 7) is 4.17. The van der Waals surface area contributed by atoms with E-state index in [-0.39, 0.29) is 5.97 Å². The second-order valence-electron chi connectivity index (χ2n) is 3.93. The molecule has 0 saturated carbocycles. The monoisotopic (exact) mass is 194 g/mol. The lowest BCUT2D eigenvalue weighted by Crippen LogP contribution is -2.08. The maximum atomic E-state index is 11.0. The van der Waals surface area contributed by atoms with Crippen molar-refractivity contribution >= 4 is 5.97 Å². The van der Waals surface area contributed by atoms with Crippen LogP contribution >= 0.6 is 0 Å². The summed E-state index contributed by atoms with van der Waals surface area (Å²) < 4.78 is 4.60. The van der Waals surface area contributed by atoms with Crippen LogP contribution in [0.15, 0.2) is 23.3 Å². The minimum Gasteiger partial charge on any atom is -0.466 e. The Balaban J connectivity index is 2.58. The molecule has 1 rings (SSSR count). The molecule has 1 aliphatic carbocycles. The smallest absolute Gasteiger partial charge is 0.330 e. The molecule has 2 nitrogen and oxygen atoms in total. The van der Waals surface area contributed by atoms with Crippen LogP contribution < -0.4 is 0 Å². The maximum Gasteiger partial charge on any atom is 0.330 e. The molecule has 0 aliphatic heterocycles. The van der Waals surface area contributed by atoms with Crippen LogP contribution in [-0.2, 0) is 9.53 Å². The molecule has 0 aromatic rings. The molecule has 14 heavy (non-hydrogen) atoms. The first-order valence-electron chi connectivity index (χ1n) is 5.05. The van der Waals surface area contributed by atoms with E-state index in [4.69, 9.17) is 0 Å². The average molecular weight is 194 g/mol. The molecule has 0 unspecified atom stereocenters. The minimum absolute atomic E-state index is 0.242. The fourth-order valence-electron chi connectivity index (χ4n) is 1.74. The van der Waals surface area contributed by atoms with Gasteiger partial charge in [0, 0.05) is 6.08 Å². The molecule has 0 amide bonds. The first-order valence-corrected chi connectivity index (χ1v) is 5.05. The molecule has 0 heterocycles. The van der Waals surface area contributed by atoms with Crippen molar-refractivity contribution in [1.82, 2.24) is 0 Å². The number of carbonyl (C=O) groups excluding carboxylic acids is 1. The van der Waals surface area contributed by atoms with Gasteiger partial charge in [0.2, 0.25) is 0 Å². The SMILES string of the molecule is COC(=O)/C=C(\C)[C@@H]1CC=C(C)CC1. The number of ether oxygens (including phenoxy) is 1. The van der Waals surface area contributed by atoms with E-state index in [9.17, 15) is 4.79 Å². The summed E-state index contributed by atoms with van der Waals surface area (Å²) in [6.07, 6.45) is 7.24. The third-order valence-corrected chi connectivity index (χ3v) is 2.83. The molecule has 0 saturated heterocycles. The van der Waals surface area contributed by atoms with E-state index in [0.29, 0.717) is 5.92 Å². The highest BCUT2D eigenvalue weighted by atomic mass is 16.5. The summed E-state index contributed by atoms with van der Waals surface area (Å²) in [6, 6.07) is 0. The quantitative estimate of drug-likeness (QED) is 0.384. The van der Waals surface area contributed by atoms with E-state index in [2.05, 4.69) is 17.7 Å². The van der Waals surface area contributed by atoms with Gasteiger partial charge in [0.15, 0.2) is 0 Å². The molecule has 0 bridgehead atoms. The lowest BCUT2D eigenvalue weighted by molar-refractivity contribution is -0.134. The van der Waals surface area contributed by atoms with Gasteiger partial charge < -0.3 is 4.74 Å². The predicted octanol–water partition coefficient (Wildman–Crippen LogP) is 2.85. The molecule has 0 spiro atoms. The molecule has 2 heteroatoms. The van der Waals surface area contributed by atoms with Gasteiger partial charge in [-0.05, 0) is 39.0 Å². The van der Waals surface area contributed by atoms with E-state index in [1.807, 2.05) is 6.92 Å². The first-order chi connectivity index (χ1) is 6.63. The number of hydrogen-bond acceptors (Lipinski definition) is 2. The van der Waals surface area contributed by atoms with Crippen LogP contribution in [0.5, 0.6) is 0 Å². The van der Waals surface area contributed by atoms with Crippen molar-refractivity contribution < 1.29 is 9.53 Å². The molecular weight excluding hydrogens is 176 g/mol. The summed E-state index contributed by atoms with van der Waals surface area (Å²) in [5.74, 6) is 0.284. The molecule has 0 fully saturated rings. The van der Waals surface area contributed by atoms with E-state index >= 15 is 0 Å². The van der Waals surface area contributed by atoms with Crippen molar-refractivity contribution in [1.29, 1.82) is 0 Å². The van der Waals surface area contributed by atoms with E-state index in [1.165, 1.54) is 12.7 Å². The van der Waals surface area contributed by atoms with Crippen molar-refractivity contribution in [2.75, 3.05) is 7.11 Å². The van der Waals surface area contributed by atoms with Crippen molar-refractivity contribution in [3.63, 3.8) is 0 Å². The highest BCUT2D eigenvalue weighted by Crippen LogP contribution is 2.28. The standard InChI is InChI=1S/C12H18O2/c1-9-4-6-11(7-5-9)10(2)8-12(13)14-3/h4,8,11H,5-7H2,1-3H3/b10-8+/t11-/m1/s1. The number of carbonyl (C=O) groups is 1. The molecule has 0 aromatic carbocycles. The van der Waals surface area contributed by atoms with Crippen LogP contribution in [0.25, 0.3) is 0 Å². The zero-order chi connectivity index (χ0) is 10.6. The largest absolute Gasteiger partial charge is 0.466 e. The topological polar surface area (TPSA) is 26.3 Å². The molecule has 0 radical (unpaired) electrons. The fourth-order valence-corrected chi connectivity index (χ4v) is 1.74. The number of rotatable bonds is 2. The Bertz CT molecular complexity index is 274. The predicted molar refractivity (Wildman–Crippen MR) is 56.9 cm³/mol. The summed E-state index contributed by atoms with van der Waals surface area (Å²) >= 11 is 0. The van der Waals surface area contributed by atoms with Gasteiger partial charge >= 0.3 is 5.97 Å². The van der Waals surface area contributed by atoms with Gasteiger partial charge in [-0.15, -0.1) is 0 Å². The Morgan fingerprint density at radius 3 is 2.86 bits per heavy atom. The molecular formula is C12H18O2. The first kappa shape index (κ1) is 11.0. The van der Waals surface area contributed by atoms with Gasteiger partial charge in [0.05, 0.1) is 7.11 Å². The van der Waals surface area contributed by atoms with E-state index < -0.39 is 0 Å². The second kappa shape index (κ2) is 4.99. The van der Waals surface area contributed by atoms with Gasteiger partial charge in [-0.2, -0.15) is 0 Å². The van der Waals surface area contributed by atoms with Gasteiger partial charge in [-0.1, -0.05) is 17.2 Å². The molecule has 1 atom stereocenters. The highest BCUT2D eigenvalue weighted by Gasteiger charge is 2.14. The van der Waals surface area contributed by atoms with Gasteiger partial charge in [0.1, 0.15) is 0 Å². The maximum absolute atomic E-state index is 11.0. The lowest BCUT2D eigenvalue weighted by atomic mass is 9.85. The van der Waals surface area contributed by atoms with E-state index in [0.717, 1.165) is 24.8 Å². The van der Waals surface area contributed by atoms with Crippen LogP contribution in [0, 0.1) is 5.92 Å². The van der Waals surface area contributed by atoms with Crippen molar-refractivity contribution in [2.45, 2.75) is 33.1 Å². The molecule has 1 aliphatic rings. The normalized spacial score (nSPS) is 22.9. The summed E-state index contributed by atoms with van der Waals surface area (Å²) in [4.78, 5) is 11.0. The second-order valence-corrected chi connectivity index (χ2v) is 3.93. The zero-order valence-corrected chi connectivity index (χ0v) is 9.17. The van der Waals surface area contributed by atoms with Crippen LogP contribution in [0.2, 0.25) is 0 Å². The van der Waals surface area contributed by atoms with Crippen LogP contribution in [0.1, 0.15) is 33.1 Å². The zero-order valence-electron chi connectivity index (χ0n) is 9.17. The lowest BCUT2D eigenvalue weighted by Gasteiger charge is -2.20. The van der Waals surface area contributed by atoms with Gasteiger partial charge in [0.25, 0.3) is 0 Å². The molecule has 0 aromatic heterocycles. The third kappa shape index (κ3) is 3.02. The molecule has 0 N–H and O–H groups in total. The van der Waals surface area contributed by atoms with Crippen molar-refractivity contribution in [3.8, 4) is 0 Å². The fraction of sp³-hybridized carbons (Fsp3) is 0.583. The van der Waals surface area contributed by atoms with Crippen LogP contribution in [0.3, 0.4) is 0 Å². The van der Waals surface area contributed by atoms with Crippen LogP contribution in [0.4, 0.5) is 0 Å². The summed E-state index contributed by atoms with van der Waals surface area (Å²) in [7, 11) is 1.41. The number of allylic oxidation sites excluding steroid dienone is 3. The Labute approximate surface area is 85.6 Å². The van der Waals surface area contributed by atoms with Crippen molar-refractivity contribution in [3.05, 3.63) is 23.3 Å². The average Bonchev–Trinajstić information content (AvgIpc) is 2.18. The number of esters is 1. The van der Waals surface area contributed by atoms with Crippen LogP contribution in [-0.4, -0.2) is 13.1 Å². The summed E-state index contributed by atoms with van der Waals surface area (Å²) in [5, 5.41) is 0. The third-order valence-electron chi connectivity index (χ3n) is 2.83. The van der Waals surface area contributed by atoms with E-state index in [1.54, 1.807) is 6.08 Å². The highest BCUT2D eigenvalue weighted by molar-refractivity contribution is 5.82. The number of methoxy groups -OCH3 is 1.